The van der Waals surface area contributed by atoms with E-state index in [1.165, 1.54) is 24.2 Å². The van der Waals surface area contributed by atoms with Gasteiger partial charge >= 0.3 is 0 Å². The minimum Gasteiger partial charge on any atom is -0.354 e. The summed E-state index contributed by atoms with van der Waals surface area (Å²) in [4.78, 5) is 113. The average Bonchev–Trinajstić information content (AvgIpc) is 1.55. The fourth-order valence-electron chi connectivity index (χ4n) is 14.6. The van der Waals surface area contributed by atoms with Crippen LogP contribution in [-0.4, -0.2) is 106 Å². The van der Waals surface area contributed by atoms with E-state index in [2.05, 4.69) is 126 Å². The van der Waals surface area contributed by atoms with Gasteiger partial charge in [0.2, 0.25) is 33.5 Å². The van der Waals surface area contributed by atoms with Crippen molar-refractivity contribution in [2.45, 2.75) is 247 Å². The second kappa shape index (κ2) is 44.2. The lowest BCUT2D eigenvalue weighted by atomic mass is 9.97. The number of amides is 8. The predicted octanol–water partition coefficient (Wildman–Crippen LogP) is 19.0. The topological polar surface area (TPSA) is 273 Å². The molecule has 22 heteroatoms. The molecule has 7 aromatic rings. The van der Waals surface area contributed by atoms with Crippen molar-refractivity contribution in [1.82, 2.24) is 42.5 Å². The highest BCUT2D eigenvalue weighted by molar-refractivity contribution is 7.92. The Morgan fingerprint density at radius 1 is 0.319 bits per heavy atom. The van der Waals surface area contributed by atoms with Gasteiger partial charge in [0.15, 0.2) is 0 Å². The first-order chi connectivity index (χ1) is 55.2. The lowest BCUT2D eigenvalue weighted by molar-refractivity contribution is -0.123. The summed E-state index contributed by atoms with van der Waals surface area (Å²) in [5.41, 5.74) is 5.13. The van der Waals surface area contributed by atoms with E-state index in [1.54, 1.807) is 143 Å². The number of hydrogen-bond acceptors (Lipinski definition) is 13. The van der Waals surface area contributed by atoms with Crippen LogP contribution in [0.4, 0.5) is 34.1 Å². The molecule has 0 radical (unpaired) electrons. The SMILES string of the molecule is CC(C)CCC[C@H](C)CCNC(=O)[C@H](C)NC(=O)c1ccc(N(c2ccc(C(=O)N[C@@H](C)C(=O)NCC[C@@H](C)CCCC(C)C)cc2)c2ccc3c(c2)S(=O)(=O)c2c-3sc3cc(N(c4ccc(C(=O)N[C@@H](C)C(=O)NCC[C@@H](C)CCCC(C)C)cc4)c4ccc(C(=O)N[C@@H](C)C(=O)NCC[C@@H](C)CCCC(C)C)cc4)ccc23)cc1. The van der Waals surface area contributed by atoms with E-state index < -0.39 is 57.6 Å². The number of sulfone groups is 1. The Bertz CT molecular complexity index is 4340. The maximum absolute atomic E-state index is 15.4. The van der Waals surface area contributed by atoms with Gasteiger partial charge in [-0.15, -0.1) is 11.3 Å². The number of benzene rings is 6. The Balaban J connectivity index is 1.06. The summed E-state index contributed by atoms with van der Waals surface area (Å²) in [6.45, 7) is 35.1. The van der Waals surface area contributed by atoms with Crippen molar-refractivity contribution in [2.75, 3.05) is 36.0 Å². The van der Waals surface area contributed by atoms with Crippen molar-refractivity contribution >= 4 is 113 Å². The highest BCUT2D eigenvalue weighted by Gasteiger charge is 2.38. The van der Waals surface area contributed by atoms with Gasteiger partial charge in [-0.25, -0.2) is 8.42 Å². The molecule has 0 unspecified atom stereocenters. The molecule has 0 saturated heterocycles. The molecule has 8 rings (SSSR count). The molecule has 8 atom stereocenters. The molecule has 1 aliphatic heterocycles. The van der Waals surface area contributed by atoms with E-state index >= 15 is 8.42 Å². The molecule has 2 heterocycles. The van der Waals surface area contributed by atoms with Gasteiger partial charge in [-0.05, 0) is 222 Å². The van der Waals surface area contributed by atoms with Crippen LogP contribution >= 0.6 is 11.3 Å². The molecule has 8 amide bonds. The molecule has 8 N–H and O–H groups in total. The Hall–Kier alpha value is -9.41. The summed E-state index contributed by atoms with van der Waals surface area (Å²) in [7, 11) is -4.22. The lowest BCUT2D eigenvalue weighted by Gasteiger charge is -2.26. The summed E-state index contributed by atoms with van der Waals surface area (Å²) in [5.74, 6) is 1.47. The van der Waals surface area contributed by atoms with Crippen LogP contribution in [0.2, 0.25) is 0 Å². The summed E-state index contributed by atoms with van der Waals surface area (Å²) in [6.07, 6.45) is 16.9. The van der Waals surface area contributed by atoms with Crippen molar-refractivity contribution < 1.29 is 46.8 Å². The van der Waals surface area contributed by atoms with Gasteiger partial charge in [0.25, 0.3) is 23.6 Å². The van der Waals surface area contributed by atoms with Crippen LogP contribution in [0.1, 0.15) is 255 Å². The van der Waals surface area contributed by atoms with Crippen LogP contribution in [0.5, 0.6) is 0 Å². The first-order valence-electron chi connectivity index (χ1n) is 42.5. The van der Waals surface area contributed by atoms with Crippen LogP contribution < -0.4 is 52.3 Å². The van der Waals surface area contributed by atoms with Gasteiger partial charge < -0.3 is 52.3 Å². The molecule has 0 saturated carbocycles. The van der Waals surface area contributed by atoms with E-state index in [0.717, 1.165) is 89.9 Å². The molecule has 0 bridgehead atoms. The number of fused-ring (bicyclic) bond motifs is 5. The number of carbonyl (C=O) groups is 8. The fraction of sp³-hybridized carbons (Fsp3) is 0.511. The lowest BCUT2D eigenvalue weighted by Crippen LogP contribution is -2.45. The number of nitrogens with one attached hydrogen (secondary N) is 8. The quantitative estimate of drug-likeness (QED) is 0.0177. The van der Waals surface area contributed by atoms with Crippen LogP contribution in [0, 0.1) is 47.3 Å². The van der Waals surface area contributed by atoms with Crippen LogP contribution in [-0.2, 0) is 29.0 Å². The minimum absolute atomic E-state index is 0.0786. The van der Waals surface area contributed by atoms with E-state index in [4.69, 9.17) is 0 Å². The number of rotatable bonds is 46. The maximum atomic E-state index is 15.4. The van der Waals surface area contributed by atoms with E-state index in [0.29, 0.717) is 139 Å². The fourth-order valence-corrected chi connectivity index (χ4v) is 18.1. The molecule has 20 nitrogen and oxygen atoms in total. The minimum atomic E-state index is -4.22. The molecule has 0 fully saturated rings. The monoisotopic (exact) mass is 1620 g/mol. The Morgan fingerprint density at radius 2 is 0.578 bits per heavy atom. The summed E-state index contributed by atoms with van der Waals surface area (Å²) >= 11 is 1.33. The van der Waals surface area contributed by atoms with Crippen molar-refractivity contribution in [2.24, 2.45) is 47.3 Å². The average molecular weight is 1620 g/mol. The van der Waals surface area contributed by atoms with Crippen LogP contribution in [0.3, 0.4) is 0 Å². The van der Waals surface area contributed by atoms with E-state index in [-0.39, 0.29) is 44.5 Å². The number of hydrogen-bond donors (Lipinski definition) is 8. The molecule has 0 spiro atoms. The third-order valence-electron chi connectivity index (χ3n) is 22.1. The molecule has 1 aliphatic rings. The van der Waals surface area contributed by atoms with Crippen molar-refractivity contribution in [3.05, 3.63) is 156 Å². The molecular formula is C94H130N10O10S2. The highest BCUT2D eigenvalue weighted by atomic mass is 32.2. The molecule has 6 aromatic carbocycles. The van der Waals surface area contributed by atoms with Crippen molar-refractivity contribution in [3.63, 3.8) is 0 Å². The second-order valence-corrected chi connectivity index (χ2v) is 37.2. The van der Waals surface area contributed by atoms with Gasteiger partial charge in [0.1, 0.15) is 24.2 Å². The van der Waals surface area contributed by atoms with Crippen LogP contribution in [0.15, 0.2) is 143 Å². The highest BCUT2D eigenvalue weighted by Crippen LogP contribution is 2.54. The van der Waals surface area contributed by atoms with E-state index in [9.17, 15) is 38.4 Å². The largest absolute Gasteiger partial charge is 0.354 e. The van der Waals surface area contributed by atoms with Gasteiger partial charge in [0, 0.05) is 98.2 Å². The molecule has 628 valence electrons. The number of anilines is 6. The van der Waals surface area contributed by atoms with Gasteiger partial charge in [-0.3, -0.25) is 38.4 Å². The molecular weight excluding hydrogens is 1490 g/mol. The summed E-state index contributed by atoms with van der Waals surface area (Å²) in [6, 6.07) is 34.9. The molecule has 1 aromatic heterocycles. The maximum Gasteiger partial charge on any atom is 0.251 e. The standard InChI is InChI=1S/C94H130N10O10S2/c1-59(2)21-17-25-63(9)49-53-95-87(105)67(13)99-91(109)71-29-37-75(38-30-71)103(76-39-31-72(32-40-76)92(110)100-68(14)88(106)96-54-50-64(10)26-18-22-60(3)4)79-45-47-81-83(57-79)115-85-82-48-46-80(58-84(82)116(113,114)86(81)85)104(77-41-33-73(34-42-77)93(111)101-69(15)89(107)97-55-51-65(11)27-19-23-61(5)6)78-43-35-74(36-44-78)94(112)102-70(16)90(108)98-56-52-66(12)28-20-24-62(7)8/h29-48,57-70H,17-28,49-56H2,1-16H3,(H,95,105)(H,96,106)(H,97,107)(H,98,108)(H,99,109)(H,100,110)(H,101,111)(H,102,112)/t63-,64-,65-,66-,67-,68-,69-,70-/m0/s1. The number of thiophene rings is 1. The first-order valence-corrected chi connectivity index (χ1v) is 44.8. The Morgan fingerprint density at radius 3 is 0.853 bits per heavy atom. The van der Waals surface area contributed by atoms with Crippen molar-refractivity contribution in [1.29, 1.82) is 0 Å². The first kappa shape index (κ1) is 92.1. The predicted molar refractivity (Wildman–Crippen MR) is 472 cm³/mol. The Labute approximate surface area is 694 Å². The van der Waals surface area contributed by atoms with E-state index in [1.807, 2.05) is 28.0 Å². The number of nitrogens with zero attached hydrogens (tertiary/aromatic N) is 2. The summed E-state index contributed by atoms with van der Waals surface area (Å²) < 4.78 is 31.5. The Kier molecular flexibility index (Phi) is 35.1. The zero-order valence-electron chi connectivity index (χ0n) is 71.6. The van der Waals surface area contributed by atoms with Crippen LogP contribution in [0.25, 0.3) is 20.5 Å². The van der Waals surface area contributed by atoms with Crippen molar-refractivity contribution in [3.8, 4) is 10.4 Å². The summed E-state index contributed by atoms with van der Waals surface area (Å²) in [5, 5.41) is 23.8. The third-order valence-corrected chi connectivity index (χ3v) is 25.3. The molecule has 0 aliphatic carbocycles. The van der Waals surface area contributed by atoms with Gasteiger partial charge in [0.05, 0.1) is 14.7 Å². The smallest absolute Gasteiger partial charge is 0.251 e. The molecule has 116 heavy (non-hydrogen) atoms. The second-order valence-electron chi connectivity index (χ2n) is 34.3. The zero-order valence-corrected chi connectivity index (χ0v) is 73.2. The van der Waals surface area contributed by atoms with Gasteiger partial charge in [-0.2, -0.15) is 0 Å². The normalized spacial score (nSPS) is 14.3. The third kappa shape index (κ3) is 26.8. The van der Waals surface area contributed by atoms with Gasteiger partial charge in [-0.1, -0.05) is 172 Å². The zero-order chi connectivity index (χ0) is 84.5. The number of carbonyl (C=O) groups excluding carboxylic acids is 8.